The first-order valence-electron chi connectivity index (χ1n) is 4.03. The summed E-state index contributed by atoms with van der Waals surface area (Å²) >= 11 is 0. The van der Waals surface area contributed by atoms with E-state index in [-0.39, 0.29) is 18.1 Å². The SMILES string of the molecule is CCC(=O)CC(=O)Nn1cccn1. The highest BCUT2D eigenvalue weighted by molar-refractivity contribution is 6.01. The van der Waals surface area contributed by atoms with E-state index in [9.17, 15) is 9.59 Å². The molecular weight excluding hydrogens is 170 g/mol. The lowest BCUT2D eigenvalue weighted by Crippen LogP contribution is -2.25. The maximum absolute atomic E-state index is 11.1. The average Bonchev–Trinajstić information content (AvgIpc) is 2.56. The molecule has 0 fully saturated rings. The molecule has 0 radical (unpaired) electrons. The van der Waals surface area contributed by atoms with Gasteiger partial charge in [0.25, 0.3) is 0 Å². The van der Waals surface area contributed by atoms with Crippen molar-refractivity contribution in [3.63, 3.8) is 0 Å². The fraction of sp³-hybridized carbons (Fsp3) is 0.375. The molecule has 13 heavy (non-hydrogen) atoms. The molecule has 0 aliphatic rings. The average molecular weight is 181 g/mol. The van der Waals surface area contributed by atoms with E-state index in [1.165, 1.54) is 4.79 Å². The van der Waals surface area contributed by atoms with Crippen LogP contribution in [0.1, 0.15) is 19.8 Å². The lowest BCUT2D eigenvalue weighted by Gasteiger charge is -2.02. The fourth-order valence-corrected chi connectivity index (χ4v) is 0.806. The summed E-state index contributed by atoms with van der Waals surface area (Å²) in [4.78, 5) is 23.2. The zero-order chi connectivity index (χ0) is 9.68. The Balaban J connectivity index is 2.38. The number of carbonyl (C=O) groups is 2. The summed E-state index contributed by atoms with van der Waals surface area (Å²) < 4.78 is 0. The summed E-state index contributed by atoms with van der Waals surface area (Å²) in [6.07, 6.45) is 3.43. The number of carbonyl (C=O) groups excluding carboxylic acids is 2. The molecule has 0 spiro atoms. The molecule has 1 aromatic heterocycles. The van der Waals surface area contributed by atoms with Crippen LogP contribution in [0.2, 0.25) is 0 Å². The molecule has 0 aliphatic heterocycles. The zero-order valence-corrected chi connectivity index (χ0v) is 7.36. The third-order valence-corrected chi connectivity index (χ3v) is 1.50. The van der Waals surface area contributed by atoms with Crippen molar-refractivity contribution in [2.45, 2.75) is 19.8 Å². The molecule has 5 nitrogen and oxygen atoms in total. The maximum atomic E-state index is 11.1. The van der Waals surface area contributed by atoms with Gasteiger partial charge in [-0.2, -0.15) is 9.89 Å². The number of nitrogens with zero attached hydrogens (tertiary/aromatic N) is 2. The standard InChI is InChI=1S/C8H11N3O2/c1-2-7(12)6-8(13)10-11-5-3-4-9-11/h3-5H,2,6H2,1H3,(H,10,13). The van der Waals surface area contributed by atoms with Crippen LogP contribution >= 0.6 is 0 Å². The largest absolute Gasteiger partial charge is 0.299 e. The summed E-state index contributed by atoms with van der Waals surface area (Å²) in [5, 5.41) is 3.76. The van der Waals surface area contributed by atoms with E-state index in [4.69, 9.17) is 0 Å². The molecule has 0 aliphatic carbocycles. The molecule has 0 saturated heterocycles. The molecule has 1 rings (SSSR count). The Kier molecular flexibility index (Phi) is 3.19. The molecule has 0 atom stereocenters. The second-order valence-electron chi connectivity index (χ2n) is 2.55. The van der Waals surface area contributed by atoms with E-state index in [1.807, 2.05) is 0 Å². The number of hydrogen-bond acceptors (Lipinski definition) is 3. The lowest BCUT2D eigenvalue weighted by molar-refractivity contribution is -0.125. The highest BCUT2D eigenvalue weighted by Gasteiger charge is 2.06. The Morgan fingerprint density at radius 1 is 1.54 bits per heavy atom. The van der Waals surface area contributed by atoms with E-state index in [0.29, 0.717) is 6.42 Å². The molecule has 0 saturated carbocycles. The van der Waals surface area contributed by atoms with Gasteiger partial charge in [-0.3, -0.25) is 9.59 Å². The van der Waals surface area contributed by atoms with E-state index < -0.39 is 0 Å². The molecule has 1 N–H and O–H groups in total. The number of aromatic nitrogens is 2. The van der Waals surface area contributed by atoms with Crippen LogP contribution in [0.5, 0.6) is 0 Å². The van der Waals surface area contributed by atoms with Crippen LogP contribution in [0, 0.1) is 0 Å². The Hall–Kier alpha value is -1.65. The van der Waals surface area contributed by atoms with Crippen LogP contribution in [0.4, 0.5) is 0 Å². The molecule has 0 bridgehead atoms. The van der Waals surface area contributed by atoms with E-state index in [0.717, 1.165) is 0 Å². The zero-order valence-electron chi connectivity index (χ0n) is 7.36. The quantitative estimate of drug-likeness (QED) is 0.680. The van der Waals surface area contributed by atoms with E-state index >= 15 is 0 Å². The van der Waals surface area contributed by atoms with Gasteiger partial charge in [-0.1, -0.05) is 6.92 Å². The number of hydrogen-bond donors (Lipinski definition) is 1. The molecule has 1 aromatic rings. The van der Waals surface area contributed by atoms with Crippen molar-refractivity contribution in [3.05, 3.63) is 18.5 Å². The van der Waals surface area contributed by atoms with Crippen LogP contribution in [0.15, 0.2) is 18.5 Å². The maximum Gasteiger partial charge on any atom is 0.247 e. The molecule has 5 heteroatoms. The van der Waals surface area contributed by atoms with Crippen molar-refractivity contribution in [1.29, 1.82) is 0 Å². The first-order valence-corrected chi connectivity index (χ1v) is 4.03. The summed E-state index contributed by atoms with van der Waals surface area (Å²) in [5.41, 5.74) is 2.43. The summed E-state index contributed by atoms with van der Waals surface area (Å²) in [6, 6.07) is 1.68. The Morgan fingerprint density at radius 3 is 2.85 bits per heavy atom. The van der Waals surface area contributed by atoms with Crippen molar-refractivity contribution < 1.29 is 9.59 Å². The third-order valence-electron chi connectivity index (χ3n) is 1.50. The number of ketones is 1. The second-order valence-corrected chi connectivity index (χ2v) is 2.55. The van der Waals surface area contributed by atoms with Crippen LogP contribution in [-0.4, -0.2) is 21.6 Å². The number of rotatable bonds is 4. The molecule has 1 amide bonds. The van der Waals surface area contributed by atoms with Gasteiger partial charge >= 0.3 is 0 Å². The van der Waals surface area contributed by atoms with Crippen molar-refractivity contribution in [2.24, 2.45) is 0 Å². The van der Waals surface area contributed by atoms with Gasteiger partial charge in [-0.15, -0.1) is 0 Å². The van der Waals surface area contributed by atoms with Crippen LogP contribution in [0.25, 0.3) is 0 Å². The highest BCUT2D eigenvalue weighted by Crippen LogP contribution is 1.89. The van der Waals surface area contributed by atoms with Gasteiger partial charge in [0, 0.05) is 12.6 Å². The number of nitrogens with one attached hydrogen (secondary N) is 1. The Morgan fingerprint density at radius 2 is 2.31 bits per heavy atom. The van der Waals surface area contributed by atoms with Crippen molar-refractivity contribution >= 4 is 11.7 Å². The molecule has 0 unspecified atom stereocenters. The van der Waals surface area contributed by atoms with E-state index in [2.05, 4.69) is 10.5 Å². The molecular formula is C8H11N3O2. The first kappa shape index (κ1) is 9.44. The topological polar surface area (TPSA) is 64.0 Å². The van der Waals surface area contributed by atoms with Gasteiger partial charge in [-0.05, 0) is 6.07 Å². The summed E-state index contributed by atoms with van der Waals surface area (Å²) in [7, 11) is 0. The van der Waals surface area contributed by atoms with Gasteiger partial charge < -0.3 is 0 Å². The highest BCUT2D eigenvalue weighted by atomic mass is 16.2. The van der Waals surface area contributed by atoms with Crippen molar-refractivity contribution in [3.8, 4) is 0 Å². The molecule has 0 aromatic carbocycles. The predicted octanol–water partition coefficient (Wildman–Crippen LogP) is 0.322. The molecule has 70 valence electrons. The van der Waals surface area contributed by atoms with Gasteiger partial charge in [0.1, 0.15) is 5.78 Å². The first-order chi connectivity index (χ1) is 6.22. The fourth-order valence-electron chi connectivity index (χ4n) is 0.806. The summed E-state index contributed by atoms with van der Waals surface area (Å²) in [5.74, 6) is -0.416. The minimum absolute atomic E-state index is 0.0790. The number of Topliss-reactive ketones (excluding diaryl/α,β-unsaturated/α-hetero) is 1. The molecule has 1 heterocycles. The normalized spacial score (nSPS) is 9.62. The minimum Gasteiger partial charge on any atom is -0.299 e. The third kappa shape index (κ3) is 3.06. The van der Waals surface area contributed by atoms with Gasteiger partial charge in [0.2, 0.25) is 5.91 Å². The van der Waals surface area contributed by atoms with E-state index in [1.54, 1.807) is 25.4 Å². The lowest BCUT2D eigenvalue weighted by atomic mass is 10.2. The van der Waals surface area contributed by atoms with Gasteiger partial charge in [0.15, 0.2) is 0 Å². The van der Waals surface area contributed by atoms with Crippen molar-refractivity contribution in [1.82, 2.24) is 9.89 Å². The van der Waals surface area contributed by atoms with Crippen LogP contribution in [0.3, 0.4) is 0 Å². The summed E-state index contributed by atoms with van der Waals surface area (Å²) in [6.45, 7) is 1.73. The Labute approximate surface area is 75.7 Å². The second kappa shape index (κ2) is 4.39. The van der Waals surface area contributed by atoms with Crippen LogP contribution in [-0.2, 0) is 9.59 Å². The van der Waals surface area contributed by atoms with Crippen molar-refractivity contribution in [2.75, 3.05) is 5.43 Å². The van der Waals surface area contributed by atoms with Crippen LogP contribution < -0.4 is 5.43 Å². The van der Waals surface area contributed by atoms with Gasteiger partial charge in [-0.25, -0.2) is 5.43 Å². The van der Waals surface area contributed by atoms with Gasteiger partial charge in [0.05, 0.1) is 12.6 Å². The number of amides is 1. The predicted molar refractivity (Wildman–Crippen MR) is 46.5 cm³/mol. The smallest absolute Gasteiger partial charge is 0.247 e. The minimum atomic E-state index is -0.337. The Bertz CT molecular complexity index is 292. The monoisotopic (exact) mass is 181 g/mol.